The second kappa shape index (κ2) is 6.72. The second-order valence-corrected chi connectivity index (χ2v) is 6.56. The van der Waals surface area contributed by atoms with Crippen LogP contribution in [0.3, 0.4) is 0 Å². The average Bonchev–Trinajstić information content (AvgIpc) is 3.28. The molecule has 8 heteroatoms. The van der Waals surface area contributed by atoms with Crippen molar-refractivity contribution >= 4 is 11.8 Å². The summed E-state index contributed by atoms with van der Waals surface area (Å²) in [5, 5.41) is 8.17. The van der Waals surface area contributed by atoms with Gasteiger partial charge in [-0.2, -0.15) is 4.98 Å². The third-order valence-corrected chi connectivity index (χ3v) is 4.75. The second-order valence-electron chi connectivity index (χ2n) is 6.56. The Morgan fingerprint density at radius 3 is 2.50 bits per heavy atom. The van der Waals surface area contributed by atoms with Crippen LogP contribution in [0.15, 0.2) is 18.5 Å². The summed E-state index contributed by atoms with van der Waals surface area (Å²) in [6.45, 7) is 6.97. The quantitative estimate of drug-likeness (QED) is 0.811. The van der Waals surface area contributed by atoms with Crippen molar-refractivity contribution in [3.05, 3.63) is 24.2 Å². The molecule has 0 spiro atoms. The average molecular weight is 328 g/mol. The van der Waals surface area contributed by atoms with E-state index in [4.69, 9.17) is 4.98 Å². The Balaban J connectivity index is 1.36. The van der Waals surface area contributed by atoms with Gasteiger partial charge in [0, 0.05) is 65.3 Å². The minimum atomic E-state index is 0.857. The number of hydrogen-bond acceptors (Lipinski definition) is 7. The van der Waals surface area contributed by atoms with Crippen LogP contribution >= 0.6 is 0 Å². The first kappa shape index (κ1) is 15.3. The number of hydrogen-bond donors (Lipinski definition) is 0. The number of piperazine rings is 1. The van der Waals surface area contributed by atoms with Crippen molar-refractivity contribution in [2.24, 2.45) is 7.05 Å². The molecule has 0 N–H and O–H groups in total. The summed E-state index contributed by atoms with van der Waals surface area (Å²) in [7, 11) is 1.90. The highest BCUT2D eigenvalue weighted by molar-refractivity contribution is 5.44. The zero-order chi connectivity index (χ0) is 16.4. The summed E-state index contributed by atoms with van der Waals surface area (Å²) < 4.78 is 1.75. The fraction of sp³-hybridized carbons (Fsp3) is 0.625. The largest absolute Gasteiger partial charge is 0.356 e. The van der Waals surface area contributed by atoms with Crippen LogP contribution in [0.1, 0.15) is 18.5 Å². The van der Waals surface area contributed by atoms with Crippen molar-refractivity contribution in [2.75, 3.05) is 49.1 Å². The van der Waals surface area contributed by atoms with Crippen LogP contribution in [0.4, 0.5) is 11.8 Å². The molecule has 0 radical (unpaired) electrons. The number of anilines is 2. The fourth-order valence-electron chi connectivity index (χ4n) is 3.42. The van der Waals surface area contributed by atoms with E-state index in [-0.39, 0.29) is 0 Å². The van der Waals surface area contributed by atoms with Gasteiger partial charge in [-0.25, -0.2) is 4.98 Å². The zero-order valence-electron chi connectivity index (χ0n) is 14.2. The molecule has 2 aromatic rings. The van der Waals surface area contributed by atoms with Crippen LogP contribution in [-0.4, -0.2) is 69.1 Å². The third-order valence-electron chi connectivity index (χ3n) is 4.75. The first-order valence-corrected chi connectivity index (χ1v) is 8.68. The summed E-state index contributed by atoms with van der Waals surface area (Å²) in [5.41, 5.74) is 1.03. The Morgan fingerprint density at radius 1 is 1.00 bits per heavy atom. The monoisotopic (exact) mass is 328 g/mol. The predicted molar refractivity (Wildman–Crippen MR) is 92.0 cm³/mol. The summed E-state index contributed by atoms with van der Waals surface area (Å²) in [5.74, 6) is 1.93. The Bertz CT molecular complexity index is 670. The summed E-state index contributed by atoms with van der Waals surface area (Å²) >= 11 is 0. The number of nitrogens with zero attached hydrogens (tertiary/aromatic N) is 8. The number of rotatable bonds is 4. The molecule has 0 saturated carbocycles. The van der Waals surface area contributed by atoms with E-state index in [1.165, 1.54) is 12.8 Å². The maximum atomic E-state index is 4.79. The lowest BCUT2D eigenvalue weighted by molar-refractivity contribution is 0.246. The highest BCUT2D eigenvalue weighted by Crippen LogP contribution is 2.20. The number of aryl methyl sites for hydroxylation is 1. The van der Waals surface area contributed by atoms with E-state index in [0.29, 0.717) is 0 Å². The molecule has 0 bridgehead atoms. The third kappa shape index (κ3) is 3.33. The van der Waals surface area contributed by atoms with Crippen LogP contribution in [0.5, 0.6) is 0 Å². The SMILES string of the molecule is Cn1cc(CN2CCN(c3nccc(N4CCCC4)n3)CC2)nn1. The molecule has 2 aromatic heterocycles. The van der Waals surface area contributed by atoms with Gasteiger partial charge in [0.05, 0.1) is 5.69 Å². The molecule has 2 aliphatic rings. The Labute approximate surface area is 142 Å². The molecule has 4 heterocycles. The van der Waals surface area contributed by atoms with Gasteiger partial charge in [0.2, 0.25) is 5.95 Å². The highest BCUT2D eigenvalue weighted by Gasteiger charge is 2.21. The smallest absolute Gasteiger partial charge is 0.227 e. The molecule has 0 amide bonds. The lowest BCUT2D eigenvalue weighted by atomic mass is 10.3. The van der Waals surface area contributed by atoms with Gasteiger partial charge < -0.3 is 9.80 Å². The molecule has 4 rings (SSSR count). The van der Waals surface area contributed by atoms with E-state index in [2.05, 4.69) is 30.0 Å². The van der Waals surface area contributed by atoms with Crippen molar-refractivity contribution in [1.29, 1.82) is 0 Å². The molecule has 128 valence electrons. The molecule has 8 nitrogen and oxygen atoms in total. The lowest BCUT2D eigenvalue weighted by Crippen LogP contribution is -2.46. The van der Waals surface area contributed by atoms with Gasteiger partial charge in [-0.05, 0) is 18.9 Å². The van der Waals surface area contributed by atoms with Gasteiger partial charge in [0.25, 0.3) is 0 Å². The molecular weight excluding hydrogens is 304 g/mol. The van der Waals surface area contributed by atoms with Crippen molar-refractivity contribution in [1.82, 2.24) is 29.9 Å². The van der Waals surface area contributed by atoms with Gasteiger partial charge >= 0.3 is 0 Å². The molecular formula is C16H24N8. The van der Waals surface area contributed by atoms with E-state index in [9.17, 15) is 0 Å². The van der Waals surface area contributed by atoms with Crippen molar-refractivity contribution in [2.45, 2.75) is 19.4 Å². The Hall–Kier alpha value is -2.22. The van der Waals surface area contributed by atoms with Crippen molar-refractivity contribution in [3.8, 4) is 0 Å². The minimum absolute atomic E-state index is 0.857. The molecule has 0 aromatic carbocycles. The summed E-state index contributed by atoms with van der Waals surface area (Å²) in [6, 6.07) is 2.03. The van der Waals surface area contributed by atoms with Crippen LogP contribution in [0.25, 0.3) is 0 Å². The maximum absolute atomic E-state index is 4.79. The van der Waals surface area contributed by atoms with E-state index in [1.807, 2.05) is 25.5 Å². The van der Waals surface area contributed by atoms with Crippen molar-refractivity contribution in [3.63, 3.8) is 0 Å². The van der Waals surface area contributed by atoms with Gasteiger partial charge in [0.1, 0.15) is 5.82 Å². The van der Waals surface area contributed by atoms with Crippen LogP contribution < -0.4 is 9.80 Å². The fourth-order valence-corrected chi connectivity index (χ4v) is 3.42. The molecule has 2 saturated heterocycles. The van der Waals surface area contributed by atoms with Gasteiger partial charge in [0.15, 0.2) is 0 Å². The van der Waals surface area contributed by atoms with Crippen molar-refractivity contribution < 1.29 is 0 Å². The van der Waals surface area contributed by atoms with Crippen LogP contribution in [-0.2, 0) is 13.6 Å². The summed E-state index contributed by atoms with van der Waals surface area (Å²) in [6.07, 6.45) is 6.40. The standard InChI is InChI=1S/C16H24N8/c1-21-12-14(19-20-21)13-22-8-10-24(11-9-22)16-17-5-4-15(18-16)23-6-2-3-7-23/h4-5,12H,2-3,6-11,13H2,1H3. The van der Waals surface area contributed by atoms with E-state index < -0.39 is 0 Å². The Kier molecular flexibility index (Phi) is 4.29. The van der Waals surface area contributed by atoms with E-state index >= 15 is 0 Å². The molecule has 0 unspecified atom stereocenters. The predicted octanol–water partition coefficient (Wildman–Crippen LogP) is 0.528. The molecule has 2 fully saturated rings. The first-order valence-electron chi connectivity index (χ1n) is 8.68. The van der Waals surface area contributed by atoms with Gasteiger partial charge in [-0.15, -0.1) is 5.10 Å². The van der Waals surface area contributed by atoms with E-state index in [1.54, 1.807) is 4.68 Å². The van der Waals surface area contributed by atoms with Gasteiger partial charge in [-0.3, -0.25) is 9.58 Å². The topological polar surface area (TPSA) is 66.2 Å². The first-order chi connectivity index (χ1) is 11.8. The molecule has 0 atom stereocenters. The molecule has 0 aliphatic carbocycles. The maximum Gasteiger partial charge on any atom is 0.227 e. The Morgan fingerprint density at radius 2 is 1.79 bits per heavy atom. The normalized spacial score (nSPS) is 19.2. The van der Waals surface area contributed by atoms with Gasteiger partial charge in [-0.1, -0.05) is 5.21 Å². The highest BCUT2D eigenvalue weighted by atomic mass is 15.4. The molecule has 24 heavy (non-hydrogen) atoms. The molecule has 2 aliphatic heterocycles. The van der Waals surface area contributed by atoms with Crippen LogP contribution in [0, 0.1) is 0 Å². The number of aromatic nitrogens is 5. The van der Waals surface area contributed by atoms with Crippen LogP contribution in [0.2, 0.25) is 0 Å². The summed E-state index contributed by atoms with van der Waals surface area (Å²) in [4.78, 5) is 16.3. The zero-order valence-corrected chi connectivity index (χ0v) is 14.2. The van der Waals surface area contributed by atoms with E-state index in [0.717, 1.165) is 63.3 Å². The minimum Gasteiger partial charge on any atom is -0.356 e. The lowest BCUT2D eigenvalue weighted by Gasteiger charge is -2.34.